The van der Waals surface area contributed by atoms with Crippen molar-refractivity contribution in [2.24, 2.45) is 0 Å². The number of halogens is 3. The molecule has 0 spiro atoms. The maximum Gasteiger partial charge on any atom is 0.525 e. The molecule has 0 bridgehead atoms. The smallest absolute Gasteiger partial charge is 0.398 e. The van der Waals surface area contributed by atoms with E-state index in [1.807, 2.05) is 27.7 Å². The summed E-state index contributed by atoms with van der Waals surface area (Å²) in [7, 11) is -1.14. The highest BCUT2D eigenvalue weighted by Crippen LogP contribution is 2.42. The summed E-state index contributed by atoms with van der Waals surface area (Å²) in [6, 6.07) is 5.01. The van der Waals surface area contributed by atoms with E-state index >= 15 is 4.39 Å². The van der Waals surface area contributed by atoms with Gasteiger partial charge in [-0.1, -0.05) is 35.2 Å². The first kappa shape index (κ1) is 21.3. The zero-order chi connectivity index (χ0) is 19.5. The number of terminal acetylenes is 1. The van der Waals surface area contributed by atoms with Crippen molar-refractivity contribution in [3.05, 3.63) is 39.5 Å². The third-order valence-electron chi connectivity index (χ3n) is 4.69. The van der Waals surface area contributed by atoms with Gasteiger partial charge in [0, 0.05) is 15.6 Å². The Balaban J connectivity index is 2.43. The molecule has 0 aromatic heterocycles. The molecule has 1 aliphatic heterocycles. The average molecular weight is 399 g/mol. The summed E-state index contributed by atoms with van der Waals surface area (Å²) < 4.78 is 32.4. The van der Waals surface area contributed by atoms with Crippen molar-refractivity contribution in [1.82, 2.24) is 0 Å². The van der Waals surface area contributed by atoms with Crippen LogP contribution in [0.25, 0.3) is 5.57 Å². The normalized spacial score (nSPS) is 19.2. The summed E-state index contributed by atoms with van der Waals surface area (Å²) in [5.74, 6) is 2.38. The van der Waals surface area contributed by atoms with Gasteiger partial charge in [-0.2, -0.15) is 0 Å². The number of benzene rings is 1. The molecule has 1 heterocycles. The molecule has 0 atom stereocenters. The minimum atomic E-state index is -1.14. The molecule has 0 N–H and O–H groups in total. The van der Waals surface area contributed by atoms with Gasteiger partial charge < -0.3 is 14.0 Å². The van der Waals surface area contributed by atoms with E-state index in [9.17, 15) is 0 Å². The fraction of sp³-hybridized carbons (Fsp3) is 0.474. The van der Waals surface area contributed by atoms with E-state index in [0.29, 0.717) is 15.6 Å². The molecule has 0 unspecified atom stereocenters. The predicted octanol–water partition coefficient (Wildman–Crippen LogP) is 5.35. The van der Waals surface area contributed by atoms with Crippen molar-refractivity contribution in [1.29, 1.82) is 0 Å². The first-order chi connectivity index (χ1) is 12.1. The number of ether oxygens (including phenoxy) is 1. The zero-order valence-corrected chi connectivity index (χ0v) is 16.9. The van der Waals surface area contributed by atoms with Crippen LogP contribution in [0.15, 0.2) is 23.9 Å². The lowest BCUT2D eigenvalue weighted by Crippen LogP contribution is -2.41. The Kier molecular flexibility index (Phi) is 6.82. The lowest BCUT2D eigenvalue weighted by Gasteiger charge is -2.32. The highest BCUT2D eigenvalue weighted by atomic mass is 35.5. The number of rotatable bonds is 6. The average Bonchev–Trinajstić information content (AvgIpc) is 2.76. The maximum atomic E-state index is 15.4. The monoisotopic (exact) mass is 398 g/mol. The molecule has 0 aliphatic carbocycles. The molecule has 0 radical (unpaired) electrons. The van der Waals surface area contributed by atoms with Crippen molar-refractivity contribution in [3.8, 4) is 12.3 Å². The SMILES string of the molecule is C#CCOCCC(=C(F)B1OC(C)(C)C(C)(C)O1)c1c(Cl)cccc1Cl. The summed E-state index contributed by atoms with van der Waals surface area (Å²) in [5, 5.41) is 0.687. The van der Waals surface area contributed by atoms with Gasteiger partial charge in [-0.25, -0.2) is 4.39 Å². The lowest BCUT2D eigenvalue weighted by atomic mass is 9.81. The second kappa shape index (κ2) is 8.33. The van der Waals surface area contributed by atoms with Gasteiger partial charge >= 0.3 is 7.12 Å². The third kappa shape index (κ3) is 4.44. The summed E-state index contributed by atoms with van der Waals surface area (Å²) >= 11 is 12.6. The van der Waals surface area contributed by atoms with Crippen molar-refractivity contribution in [2.45, 2.75) is 45.3 Å². The first-order valence-corrected chi connectivity index (χ1v) is 9.06. The van der Waals surface area contributed by atoms with Gasteiger partial charge in [-0.3, -0.25) is 0 Å². The van der Waals surface area contributed by atoms with Gasteiger partial charge in [-0.15, -0.1) is 6.42 Å². The molecule has 7 heteroatoms. The van der Waals surface area contributed by atoms with E-state index in [2.05, 4.69) is 5.92 Å². The quantitative estimate of drug-likeness (QED) is 0.367. The van der Waals surface area contributed by atoms with Crippen molar-refractivity contribution in [3.63, 3.8) is 0 Å². The Hall–Kier alpha value is -1.03. The van der Waals surface area contributed by atoms with Gasteiger partial charge in [0.05, 0.1) is 17.8 Å². The van der Waals surface area contributed by atoms with Crippen LogP contribution in [0.2, 0.25) is 10.0 Å². The van der Waals surface area contributed by atoms with Crippen molar-refractivity contribution < 1.29 is 18.4 Å². The summed E-state index contributed by atoms with van der Waals surface area (Å²) in [4.78, 5) is 0. The molecule has 1 saturated heterocycles. The Morgan fingerprint density at radius 2 is 1.73 bits per heavy atom. The number of hydrogen-bond donors (Lipinski definition) is 0. The fourth-order valence-electron chi connectivity index (χ4n) is 2.54. The standard InChI is InChI=1S/C19H22BCl2FO3/c1-6-11-24-12-10-13(16-14(21)8-7-9-15(16)22)17(23)20-25-18(2,3)19(4,5)26-20/h1,7-9H,10-12H2,2-5H3. The van der Waals surface area contributed by atoms with Crippen LogP contribution in [0.5, 0.6) is 0 Å². The molecule has 1 aliphatic rings. The molecule has 1 aromatic carbocycles. The minimum Gasteiger partial charge on any atom is -0.398 e. The van der Waals surface area contributed by atoms with E-state index in [1.54, 1.807) is 18.2 Å². The molecule has 1 fully saturated rings. The molecule has 0 amide bonds. The van der Waals surface area contributed by atoms with E-state index in [-0.39, 0.29) is 25.2 Å². The molecule has 26 heavy (non-hydrogen) atoms. The topological polar surface area (TPSA) is 27.7 Å². The highest BCUT2D eigenvalue weighted by molar-refractivity contribution is 6.55. The molecule has 1 aromatic rings. The Labute approximate surface area is 164 Å². The number of hydrogen-bond acceptors (Lipinski definition) is 3. The van der Waals surface area contributed by atoms with Gasteiger partial charge in [0.25, 0.3) is 0 Å². The van der Waals surface area contributed by atoms with Crippen LogP contribution in [-0.4, -0.2) is 31.5 Å². The largest absolute Gasteiger partial charge is 0.525 e. The van der Waals surface area contributed by atoms with Crippen LogP contribution in [-0.2, 0) is 14.0 Å². The summed E-state index contributed by atoms with van der Waals surface area (Å²) in [6.07, 6.45) is 5.40. The zero-order valence-electron chi connectivity index (χ0n) is 15.4. The van der Waals surface area contributed by atoms with Crippen molar-refractivity contribution >= 4 is 35.9 Å². The summed E-state index contributed by atoms with van der Waals surface area (Å²) in [6.45, 7) is 7.80. The van der Waals surface area contributed by atoms with Crippen LogP contribution in [0.4, 0.5) is 4.39 Å². The van der Waals surface area contributed by atoms with E-state index < -0.39 is 24.0 Å². The second-order valence-electron chi connectivity index (χ2n) is 7.02. The van der Waals surface area contributed by atoms with Crippen LogP contribution >= 0.6 is 23.2 Å². The van der Waals surface area contributed by atoms with Crippen molar-refractivity contribution in [2.75, 3.05) is 13.2 Å². The van der Waals surface area contributed by atoms with Crippen LogP contribution < -0.4 is 0 Å². The van der Waals surface area contributed by atoms with Gasteiger partial charge in [0.1, 0.15) is 12.3 Å². The molecule has 0 saturated carbocycles. The third-order valence-corrected chi connectivity index (χ3v) is 5.32. The lowest BCUT2D eigenvalue weighted by molar-refractivity contribution is 0.00578. The molecule has 140 valence electrons. The van der Waals surface area contributed by atoms with E-state index in [4.69, 9.17) is 43.7 Å². The Morgan fingerprint density at radius 1 is 1.19 bits per heavy atom. The Bertz CT molecular complexity index is 705. The van der Waals surface area contributed by atoms with Crippen LogP contribution in [0.3, 0.4) is 0 Å². The van der Waals surface area contributed by atoms with Gasteiger partial charge in [-0.05, 0) is 51.8 Å². The molecule has 3 nitrogen and oxygen atoms in total. The first-order valence-electron chi connectivity index (χ1n) is 8.30. The molecule has 2 rings (SSSR count). The molecular formula is C19H22BCl2FO3. The highest BCUT2D eigenvalue weighted by Gasteiger charge is 2.53. The fourth-order valence-corrected chi connectivity index (χ4v) is 3.17. The minimum absolute atomic E-state index is 0.141. The van der Waals surface area contributed by atoms with Crippen LogP contribution in [0, 0.1) is 12.3 Å². The van der Waals surface area contributed by atoms with Gasteiger partial charge in [0.2, 0.25) is 0 Å². The van der Waals surface area contributed by atoms with E-state index in [1.165, 1.54) is 0 Å². The molecular weight excluding hydrogens is 377 g/mol. The summed E-state index contributed by atoms with van der Waals surface area (Å²) in [5.41, 5.74) is -1.19. The van der Waals surface area contributed by atoms with E-state index in [0.717, 1.165) is 0 Å². The maximum absolute atomic E-state index is 15.4. The van der Waals surface area contributed by atoms with Crippen LogP contribution in [0.1, 0.15) is 39.7 Å². The Morgan fingerprint density at radius 3 is 2.23 bits per heavy atom. The van der Waals surface area contributed by atoms with Gasteiger partial charge in [0.15, 0.2) is 0 Å². The predicted molar refractivity (Wildman–Crippen MR) is 105 cm³/mol. The second-order valence-corrected chi connectivity index (χ2v) is 7.83.